The molecular formula is C25H28N2O6S. The highest BCUT2D eigenvalue weighted by Gasteiger charge is 2.37. The number of hydrogen-bond acceptors (Lipinski definition) is 6. The molecule has 8 nitrogen and oxygen atoms in total. The molecule has 2 N–H and O–H groups in total. The van der Waals surface area contributed by atoms with E-state index in [2.05, 4.69) is 29.6 Å². The first kappa shape index (κ1) is 24.1. The predicted molar refractivity (Wildman–Crippen MR) is 129 cm³/mol. The summed E-state index contributed by atoms with van der Waals surface area (Å²) >= 11 is 1.34. The second-order valence-electron chi connectivity index (χ2n) is 8.25. The third-order valence-electron chi connectivity index (χ3n) is 6.15. The summed E-state index contributed by atoms with van der Waals surface area (Å²) < 4.78 is 10.9. The van der Waals surface area contributed by atoms with E-state index in [0.29, 0.717) is 18.9 Å². The number of carboxylic acid groups (broad SMARTS) is 1. The van der Waals surface area contributed by atoms with Crippen LogP contribution < -0.4 is 5.32 Å². The normalized spacial score (nSPS) is 19.3. The summed E-state index contributed by atoms with van der Waals surface area (Å²) in [6.45, 7) is 2.83. The first-order valence-electron chi connectivity index (χ1n) is 11.3. The molecule has 0 radical (unpaired) electrons. The van der Waals surface area contributed by atoms with Gasteiger partial charge in [0.1, 0.15) is 6.61 Å². The van der Waals surface area contributed by atoms with Crippen LogP contribution in [0.5, 0.6) is 0 Å². The molecule has 2 atom stereocenters. The third kappa shape index (κ3) is 5.20. The number of amides is 2. The van der Waals surface area contributed by atoms with Crippen LogP contribution in [0.25, 0.3) is 11.1 Å². The Hall–Kier alpha value is -3.04. The Bertz CT molecular complexity index is 1020. The number of benzene rings is 2. The molecule has 0 bridgehead atoms. The van der Waals surface area contributed by atoms with E-state index >= 15 is 0 Å². The van der Waals surface area contributed by atoms with Gasteiger partial charge in [0, 0.05) is 24.8 Å². The van der Waals surface area contributed by atoms with Crippen molar-refractivity contribution >= 4 is 29.7 Å². The van der Waals surface area contributed by atoms with Gasteiger partial charge < -0.3 is 24.8 Å². The summed E-state index contributed by atoms with van der Waals surface area (Å²) in [5.74, 6) is -0.657. The first-order valence-corrected chi connectivity index (χ1v) is 12.4. The maximum Gasteiger partial charge on any atom is 0.407 e. The lowest BCUT2D eigenvalue weighted by molar-refractivity contribution is -0.163. The number of carbonyl (C=O) groups excluding carboxylic acids is 2. The van der Waals surface area contributed by atoms with Crippen LogP contribution in [0.1, 0.15) is 24.0 Å². The lowest BCUT2D eigenvalue weighted by Gasteiger charge is -2.37. The molecular weight excluding hydrogens is 456 g/mol. The van der Waals surface area contributed by atoms with Crippen LogP contribution in [-0.4, -0.2) is 77.9 Å². The monoisotopic (exact) mass is 484 g/mol. The van der Waals surface area contributed by atoms with E-state index in [-0.39, 0.29) is 30.7 Å². The lowest BCUT2D eigenvalue weighted by Crippen LogP contribution is -2.57. The summed E-state index contributed by atoms with van der Waals surface area (Å²) in [6.07, 6.45) is -1.04. The summed E-state index contributed by atoms with van der Waals surface area (Å²) in [7, 11) is 0. The fourth-order valence-electron chi connectivity index (χ4n) is 4.55. The number of rotatable bonds is 8. The van der Waals surface area contributed by atoms with Crippen molar-refractivity contribution in [3.63, 3.8) is 0 Å². The smallest absolute Gasteiger partial charge is 0.407 e. The van der Waals surface area contributed by atoms with Crippen LogP contribution in [0, 0.1) is 0 Å². The van der Waals surface area contributed by atoms with Crippen molar-refractivity contribution in [1.82, 2.24) is 10.2 Å². The van der Waals surface area contributed by atoms with Crippen molar-refractivity contribution < 1.29 is 29.0 Å². The maximum absolute atomic E-state index is 12.5. The number of hydrogen-bond donors (Lipinski definition) is 2. The standard InChI is InChI=1S/C25H28N2O6S/c1-16-23(24(29)30)27(11-12-32-16)22(28)15-34-13-10-26-25(31)33-14-21-19-8-4-2-6-17(19)18-7-3-5-9-20(18)21/h2-9,16,21,23H,10-15H2,1H3,(H,26,31)(H,29,30). The number of aliphatic carboxylic acids is 1. The van der Waals surface area contributed by atoms with Crippen molar-refractivity contribution in [3.8, 4) is 11.1 Å². The van der Waals surface area contributed by atoms with Crippen LogP contribution in [0.2, 0.25) is 0 Å². The zero-order valence-corrected chi connectivity index (χ0v) is 19.8. The summed E-state index contributed by atoms with van der Waals surface area (Å²) in [5.41, 5.74) is 4.66. The molecule has 34 heavy (non-hydrogen) atoms. The average molecular weight is 485 g/mol. The average Bonchev–Trinajstić information content (AvgIpc) is 3.15. The Balaban J connectivity index is 1.19. The van der Waals surface area contributed by atoms with Gasteiger partial charge in [0.15, 0.2) is 6.04 Å². The molecule has 2 amide bonds. The highest BCUT2D eigenvalue weighted by atomic mass is 32.2. The predicted octanol–water partition coefficient (Wildman–Crippen LogP) is 2.96. The number of carboxylic acids is 1. The molecule has 2 aliphatic rings. The number of alkyl carbamates (subject to hydrolysis) is 1. The van der Waals surface area contributed by atoms with Crippen LogP contribution in [0.4, 0.5) is 4.79 Å². The summed E-state index contributed by atoms with van der Waals surface area (Å²) in [6, 6.07) is 15.3. The minimum Gasteiger partial charge on any atom is -0.480 e. The van der Waals surface area contributed by atoms with Crippen molar-refractivity contribution in [2.75, 3.05) is 37.8 Å². The molecule has 2 unspecified atom stereocenters. The number of ether oxygens (including phenoxy) is 2. The van der Waals surface area contributed by atoms with Gasteiger partial charge in [-0.25, -0.2) is 9.59 Å². The van der Waals surface area contributed by atoms with E-state index in [0.717, 1.165) is 11.1 Å². The van der Waals surface area contributed by atoms with Crippen LogP contribution >= 0.6 is 11.8 Å². The van der Waals surface area contributed by atoms with Gasteiger partial charge in [0.05, 0.1) is 18.5 Å². The lowest BCUT2D eigenvalue weighted by atomic mass is 9.98. The number of thioether (sulfide) groups is 1. The van der Waals surface area contributed by atoms with Crippen LogP contribution in [0.3, 0.4) is 0 Å². The highest BCUT2D eigenvalue weighted by Crippen LogP contribution is 2.44. The number of morpholine rings is 1. The summed E-state index contributed by atoms with van der Waals surface area (Å²) in [5, 5.41) is 12.1. The van der Waals surface area contributed by atoms with E-state index < -0.39 is 24.2 Å². The number of carbonyl (C=O) groups is 3. The van der Waals surface area contributed by atoms with Crippen molar-refractivity contribution in [3.05, 3.63) is 59.7 Å². The Kier molecular flexibility index (Phi) is 7.74. The van der Waals surface area contributed by atoms with Gasteiger partial charge in [0.2, 0.25) is 5.91 Å². The zero-order valence-electron chi connectivity index (χ0n) is 18.9. The largest absolute Gasteiger partial charge is 0.480 e. The summed E-state index contributed by atoms with van der Waals surface area (Å²) in [4.78, 5) is 37.6. The zero-order chi connectivity index (χ0) is 24.1. The molecule has 1 aliphatic heterocycles. The van der Waals surface area contributed by atoms with E-state index in [4.69, 9.17) is 9.47 Å². The number of fused-ring (bicyclic) bond motifs is 3. The fraction of sp³-hybridized carbons (Fsp3) is 0.400. The molecule has 9 heteroatoms. The van der Waals surface area contributed by atoms with E-state index in [1.54, 1.807) is 6.92 Å². The second kappa shape index (κ2) is 10.9. The van der Waals surface area contributed by atoms with Gasteiger partial charge >= 0.3 is 12.1 Å². The fourth-order valence-corrected chi connectivity index (χ4v) is 5.28. The van der Waals surface area contributed by atoms with E-state index in [1.807, 2.05) is 24.3 Å². The molecule has 2 aromatic carbocycles. The molecule has 1 saturated heterocycles. The van der Waals surface area contributed by atoms with Gasteiger partial charge in [-0.3, -0.25) is 4.79 Å². The SMILES string of the molecule is CC1OCCN(C(=O)CSCCNC(=O)OCC2c3ccccc3-c3ccccc32)C1C(=O)O. The van der Waals surface area contributed by atoms with Gasteiger partial charge in [0.25, 0.3) is 0 Å². The van der Waals surface area contributed by atoms with Crippen molar-refractivity contribution in [2.45, 2.75) is 25.0 Å². The Morgan fingerprint density at radius 1 is 1.12 bits per heavy atom. The second-order valence-corrected chi connectivity index (χ2v) is 9.36. The third-order valence-corrected chi connectivity index (χ3v) is 7.10. The molecule has 4 rings (SSSR count). The van der Waals surface area contributed by atoms with E-state index in [9.17, 15) is 19.5 Å². The molecule has 2 aromatic rings. The number of nitrogens with one attached hydrogen (secondary N) is 1. The quantitative estimate of drug-likeness (QED) is 0.555. The minimum atomic E-state index is -1.07. The molecule has 1 aliphatic carbocycles. The molecule has 1 fully saturated rings. The molecule has 1 heterocycles. The van der Waals surface area contributed by atoms with Crippen LogP contribution in [0.15, 0.2) is 48.5 Å². The van der Waals surface area contributed by atoms with Gasteiger partial charge in [-0.2, -0.15) is 11.8 Å². The van der Waals surface area contributed by atoms with Crippen molar-refractivity contribution in [1.29, 1.82) is 0 Å². The van der Waals surface area contributed by atoms with Crippen molar-refractivity contribution in [2.24, 2.45) is 0 Å². The van der Waals surface area contributed by atoms with E-state index in [1.165, 1.54) is 27.8 Å². The highest BCUT2D eigenvalue weighted by molar-refractivity contribution is 7.99. The van der Waals surface area contributed by atoms with Crippen LogP contribution in [-0.2, 0) is 19.1 Å². The molecule has 0 spiro atoms. The Labute approximate surface area is 202 Å². The Morgan fingerprint density at radius 2 is 1.76 bits per heavy atom. The van der Waals surface area contributed by atoms with Gasteiger partial charge in [-0.05, 0) is 29.2 Å². The topological polar surface area (TPSA) is 105 Å². The molecule has 0 saturated carbocycles. The Morgan fingerprint density at radius 3 is 2.41 bits per heavy atom. The van der Waals surface area contributed by atoms with Gasteiger partial charge in [-0.15, -0.1) is 0 Å². The van der Waals surface area contributed by atoms with Gasteiger partial charge in [-0.1, -0.05) is 48.5 Å². The molecule has 180 valence electrons. The minimum absolute atomic E-state index is 0.00300. The maximum atomic E-state index is 12.5. The molecule has 0 aromatic heterocycles. The number of nitrogens with zero attached hydrogens (tertiary/aromatic N) is 1. The first-order chi connectivity index (χ1) is 16.5.